The van der Waals surface area contributed by atoms with E-state index in [2.05, 4.69) is 11.4 Å². The zero-order chi connectivity index (χ0) is 17.8. The second-order valence-corrected chi connectivity index (χ2v) is 6.59. The van der Waals surface area contributed by atoms with Gasteiger partial charge >= 0.3 is 12.0 Å². The Bertz CT molecular complexity index is 676. The van der Waals surface area contributed by atoms with Gasteiger partial charge in [0, 0.05) is 39.1 Å². The Hall–Kier alpha value is -2.57. The Kier molecular flexibility index (Phi) is 5.21. The average molecular weight is 345 g/mol. The highest BCUT2D eigenvalue weighted by Gasteiger charge is 2.30. The van der Waals surface area contributed by atoms with Crippen LogP contribution >= 0.6 is 0 Å². The van der Waals surface area contributed by atoms with E-state index in [1.54, 1.807) is 9.80 Å². The van der Waals surface area contributed by atoms with E-state index in [1.807, 2.05) is 18.2 Å². The first kappa shape index (κ1) is 17.3. The number of rotatable bonds is 4. The van der Waals surface area contributed by atoms with Gasteiger partial charge in [-0.05, 0) is 24.0 Å². The maximum atomic E-state index is 12.3. The van der Waals surface area contributed by atoms with Gasteiger partial charge in [0.15, 0.2) is 0 Å². The third kappa shape index (κ3) is 4.10. The van der Waals surface area contributed by atoms with Crippen LogP contribution in [-0.2, 0) is 22.6 Å². The minimum atomic E-state index is -0.853. The fraction of sp³-hybridized carbons (Fsp3) is 0.500. The number of nitrogens with one attached hydrogen (secondary N) is 1. The average Bonchev–Trinajstić information content (AvgIpc) is 3.11. The fourth-order valence-electron chi connectivity index (χ4n) is 3.40. The lowest BCUT2D eigenvalue weighted by atomic mass is 10.0. The first-order valence-electron chi connectivity index (χ1n) is 8.64. The SMILES string of the molecule is O=C(O)C1CCN(C(=O)CCNC(=O)N2CCc3ccccc3C2)C1. The molecular formula is C18H23N3O4. The van der Waals surface area contributed by atoms with Crippen LogP contribution in [0.4, 0.5) is 4.79 Å². The molecule has 7 heteroatoms. The van der Waals surface area contributed by atoms with Crippen LogP contribution in [0.15, 0.2) is 24.3 Å². The monoisotopic (exact) mass is 345 g/mol. The molecule has 2 aliphatic heterocycles. The van der Waals surface area contributed by atoms with Crippen molar-refractivity contribution in [1.29, 1.82) is 0 Å². The lowest BCUT2D eigenvalue weighted by Gasteiger charge is -2.29. The number of likely N-dealkylation sites (tertiary alicyclic amines) is 1. The van der Waals surface area contributed by atoms with Gasteiger partial charge in [0.2, 0.25) is 5.91 Å². The van der Waals surface area contributed by atoms with Gasteiger partial charge in [-0.25, -0.2) is 4.79 Å². The number of aliphatic carboxylic acids is 1. The predicted molar refractivity (Wildman–Crippen MR) is 90.9 cm³/mol. The summed E-state index contributed by atoms with van der Waals surface area (Å²) < 4.78 is 0. The third-order valence-electron chi connectivity index (χ3n) is 4.92. The number of carboxylic acids is 1. The van der Waals surface area contributed by atoms with Crippen molar-refractivity contribution in [3.8, 4) is 0 Å². The summed E-state index contributed by atoms with van der Waals surface area (Å²) in [4.78, 5) is 38.6. The normalized spacial score (nSPS) is 19.4. The van der Waals surface area contributed by atoms with E-state index in [0.29, 0.717) is 26.1 Å². The lowest BCUT2D eigenvalue weighted by molar-refractivity contribution is -0.141. The van der Waals surface area contributed by atoms with Gasteiger partial charge in [-0.1, -0.05) is 24.3 Å². The summed E-state index contributed by atoms with van der Waals surface area (Å²) in [7, 11) is 0. The molecule has 0 aliphatic carbocycles. The van der Waals surface area contributed by atoms with Crippen LogP contribution in [0.5, 0.6) is 0 Å². The molecule has 0 bridgehead atoms. The van der Waals surface area contributed by atoms with Crippen LogP contribution in [0, 0.1) is 5.92 Å². The summed E-state index contributed by atoms with van der Waals surface area (Å²) >= 11 is 0. The van der Waals surface area contributed by atoms with Crippen molar-refractivity contribution in [1.82, 2.24) is 15.1 Å². The Labute approximate surface area is 146 Å². The fourth-order valence-corrected chi connectivity index (χ4v) is 3.40. The number of carbonyl (C=O) groups is 3. The maximum absolute atomic E-state index is 12.3. The number of carboxylic acid groups (broad SMARTS) is 1. The van der Waals surface area contributed by atoms with E-state index < -0.39 is 11.9 Å². The van der Waals surface area contributed by atoms with Crippen LogP contribution in [0.2, 0.25) is 0 Å². The van der Waals surface area contributed by atoms with Crippen molar-refractivity contribution >= 4 is 17.9 Å². The molecule has 1 unspecified atom stereocenters. The molecule has 1 aromatic carbocycles. The highest BCUT2D eigenvalue weighted by Crippen LogP contribution is 2.19. The maximum Gasteiger partial charge on any atom is 0.317 e. The zero-order valence-corrected chi connectivity index (χ0v) is 14.1. The second kappa shape index (κ2) is 7.55. The van der Waals surface area contributed by atoms with Crippen LogP contribution < -0.4 is 5.32 Å². The molecule has 0 radical (unpaired) electrons. The molecule has 0 saturated carbocycles. The molecule has 1 atom stereocenters. The quantitative estimate of drug-likeness (QED) is 0.854. The molecule has 2 heterocycles. The first-order chi connectivity index (χ1) is 12.0. The molecular weight excluding hydrogens is 322 g/mol. The molecule has 2 aliphatic rings. The number of hydrogen-bond donors (Lipinski definition) is 2. The molecule has 25 heavy (non-hydrogen) atoms. The highest BCUT2D eigenvalue weighted by atomic mass is 16.4. The summed E-state index contributed by atoms with van der Waals surface area (Å²) in [6.07, 6.45) is 1.54. The van der Waals surface area contributed by atoms with Crippen LogP contribution in [0.25, 0.3) is 0 Å². The molecule has 3 amide bonds. The number of fused-ring (bicyclic) bond motifs is 1. The van der Waals surface area contributed by atoms with Crippen molar-refractivity contribution in [3.63, 3.8) is 0 Å². The van der Waals surface area contributed by atoms with E-state index >= 15 is 0 Å². The number of benzene rings is 1. The Balaban J connectivity index is 1.41. The molecule has 7 nitrogen and oxygen atoms in total. The smallest absolute Gasteiger partial charge is 0.317 e. The van der Waals surface area contributed by atoms with Gasteiger partial charge in [-0.2, -0.15) is 0 Å². The van der Waals surface area contributed by atoms with Crippen molar-refractivity contribution < 1.29 is 19.5 Å². The Morgan fingerprint density at radius 3 is 2.60 bits per heavy atom. The largest absolute Gasteiger partial charge is 0.481 e. The van der Waals surface area contributed by atoms with Gasteiger partial charge in [0.05, 0.1) is 5.92 Å². The van der Waals surface area contributed by atoms with Gasteiger partial charge in [-0.3, -0.25) is 9.59 Å². The summed E-state index contributed by atoms with van der Waals surface area (Å²) in [5.41, 5.74) is 2.44. The van der Waals surface area contributed by atoms with E-state index in [0.717, 1.165) is 12.0 Å². The number of urea groups is 1. The summed E-state index contributed by atoms with van der Waals surface area (Å²) in [6, 6.07) is 7.94. The Morgan fingerprint density at radius 1 is 1.12 bits per heavy atom. The molecule has 134 valence electrons. The van der Waals surface area contributed by atoms with E-state index in [-0.39, 0.29) is 31.4 Å². The Morgan fingerprint density at radius 2 is 1.88 bits per heavy atom. The van der Waals surface area contributed by atoms with E-state index in [4.69, 9.17) is 5.11 Å². The second-order valence-electron chi connectivity index (χ2n) is 6.59. The number of hydrogen-bond acceptors (Lipinski definition) is 3. The minimum Gasteiger partial charge on any atom is -0.481 e. The van der Waals surface area contributed by atoms with Gasteiger partial charge in [0.1, 0.15) is 0 Å². The van der Waals surface area contributed by atoms with Crippen molar-refractivity contribution in [3.05, 3.63) is 35.4 Å². The standard InChI is InChI=1S/C18H23N3O4/c22-16(20-9-7-15(12-20)17(23)24)5-8-19-18(25)21-10-6-13-3-1-2-4-14(13)11-21/h1-4,15H,5-12H2,(H,19,25)(H,23,24). The summed E-state index contributed by atoms with van der Waals surface area (Å²) in [6.45, 7) is 2.27. The van der Waals surface area contributed by atoms with Crippen LogP contribution in [-0.4, -0.2) is 59.0 Å². The van der Waals surface area contributed by atoms with E-state index in [1.165, 1.54) is 5.56 Å². The minimum absolute atomic E-state index is 0.104. The highest BCUT2D eigenvalue weighted by molar-refractivity contribution is 5.80. The zero-order valence-electron chi connectivity index (χ0n) is 14.1. The number of amides is 3. The van der Waals surface area contributed by atoms with Crippen molar-refractivity contribution in [2.24, 2.45) is 5.92 Å². The number of carbonyl (C=O) groups excluding carboxylic acids is 2. The van der Waals surface area contributed by atoms with Gasteiger partial charge in [-0.15, -0.1) is 0 Å². The van der Waals surface area contributed by atoms with Gasteiger partial charge in [0.25, 0.3) is 0 Å². The molecule has 1 aromatic rings. The first-order valence-corrected chi connectivity index (χ1v) is 8.64. The van der Waals surface area contributed by atoms with Crippen LogP contribution in [0.3, 0.4) is 0 Å². The molecule has 0 spiro atoms. The van der Waals surface area contributed by atoms with Crippen molar-refractivity contribution in [2.45, 2.75) is 25.8 Å². The number of nitrogens with zero attached hydrogens (tertiary/aromatic N) is 2. The van der Waals surface area contributed by atoms with E-state index in [9.17, 15) is 14.4 Å². The molecule has 3 rings (SSSR count). The summed E-state index contributed by atoms with van der Waals surface area (Å²) in [5, 5.41) is 11.8. The van der Waals surface area contributed by atoms with Crippen LogP contribution in [0.1, 0.15) is 24.0 Å². The lowest BCUT2D eigenvalue weighted by Crippen LogP contribution is -2.43. The van der Waals surface area contributed by atoms with Gasteiger partial charge < -0.3 is 20.2 Å². The topological polar surface area (TPSA) is 90.0 Å². The molecule has 1 saturated heterocycles. The molecule has 1 fully saturated rings. The molecule has 2 N–H and O–H groups in total. The predicted octanol–water partition coefficient (Wildman–Crippen LogP) is 1.08. The van der Waals surface area contributed by atoms with Crippen molar-refractivity contribution in [2.75, 3.05) is 26.2 Å². The summed E-state index contributed by atoms with van der Waals surface area (Å²) in [5.74, 6) is -1.42. The third-order valence-corrected chi connectivity index (χ3v) is 4.92. The molecule has 0 aromatic heterocycles.